The van der Waals surface area contributed by atoms with Gasteiger partial charge >= 0.3 is 0 Å². The lowest BCUT2D eigenvalue weighted by atomic mass is 10.2. The molecule has 4 heteroatoms. The Morgan fingerprint density at radius 1 is 1.15 bits per heavy atom. The SMILES string of the molecule is CCN(Cc1ccc(OC)c(Br)c1)c1ccc(F)cc1. The molecule has 0 amide bonds. The number of hydrogen-bond donors (Lipinski definition) is 0. The summed E-state index contributed by atoms with van der Waals surface area (Å²) in [7, 11) is 1.65. The Morgan fingerprint density at radius 3 is 2.40 bits per heavy atom. The van der Waals surface area contributed by atoms with Crippen LogP contribution in [-0.4, -0.2) is 13.7 Å². The average molecular weight is 338 g/mol. The molecule has 0 aliphatic heterocycles. The van der Waals surface area contributed by atoms with Crippen molar-refractivity contribution in [2.24, 2.45) is 0 Å². The van der Waals surface area contributed by atoms with E-state index in [1.807, 2.05) is 18.2 Å². The molecule has 0 atom stereocenters. The highest BCUT2D eigenvalue weighted by atomic mass is 79.9. The standard InChI is InChI=1S/C16H17BrFNO/c1-3-19(14-7-5-13(18)6-8-14)11-12-4-9-16(20-2)15(17)10-12/h4-10H,3,11H2,1-2H3. The largest absolute Gasteiger partial charge is 0.496 e. The maximum Gasteiger partial charge on any atom is 0.133 e. The van der Waals surface area contributed by atoms with Crippen molar-refractivity contribution in [1.82, 2.24) is 0 Å². The quantitative estimate of drug-likeness (QED) is 0.789. The average Bonchev–Trinajstić information content (AvgIpc) is 2.46. The molecule has 2 nitrogen and oxygen atoms in total. The maximum atomic E-state index is 13.0. The van der Waals surface area contributed by atoms with Gasteiger partial charge in [-0.2, -0.15) is 0 Å². The number of halogens is 2. The van der Waals surface area contributed by atoms with Crippen LogP contribution in [0.1, 0.15) is 12.5 Å². The fraction of sp³-hybridized carbons (Fsp3) is 0.250. The van der Waals surface area contributed by atoms with E-state index < -0.39 is 0 Å². The van der Waals surface area contributed by atoms with E-state index in [0.717, 1.165) is 29.0 Å². The first-order chi connectivity index (χ1) is 9.63. The van der Waals surface area contributed by atoms with Gasteiger partial charge in [-0.1, -0.05) is 6.07 Å². The molecule has 106 valence electrons. The summed E-state index contributed by atoms with van der Waals surface area (Å²) in [5.41, 5.74) is 2.18. The number of ether oxygens (including phenoxy) is 1. The highest BCUT2D eigenvalue weighted by molar-refractivity contribution is 9.10. The zero-order chi connectivity index (χ0) is 14.5. The second kappa shape index (κ2) is 6.75. The number of benzene rings is 2. The summed E-state index contributed by atoms with van der Waals surface area (Å²) in [6, 6.07) is 12.6. The predicted octanol–water partition coefficient (Wildman–Crippen LogP) is 4.62. The molecule has 0 bridgehead atoms. The Hall–Kier alpha value is -1.55. The Morgan fingerprint density at radius 2 is 1.85 bits per heavy atom. The van der Waals surface area contributed by atoms with Crippen LogP contribution in [0.25, 0.3) is 0 Å². The van der Waals surface area contributed by atoms with Gasteiger partial charge in [0.15, 0.2) is 0 Å². The highest BCUT2D eigenvalue weighted by Gasteiger charge is 2.07. The van der Waals surface area contributed by atoms with Crippen LogP contribution in [0.3, 0.4) is 0 Å². The predicted molar refractivity (Wildman–Crippen MR) is 83.8 cm³/mol. The summed E-state index contributed by atoms with van der Waals surface area (Å²) in [6.45, 7) is 3.71. The van der Waals surface area contributed by atoms with E-state index in [9.17, 15) is 4.39 Å². The molecule has 0 saturated heterocycles. The van der Waals surface area contributed by atoms with Crippen LogP contribution in [0.15, 0.2) is 46.9 Å². The minimum atomic E-state index is -0.211. The van der Waals surface area contributed by atoms with Crippen LogP contribution in [0.2, 0.25) is 0 Å². The summed E-state index contributed by atoms with van der Waals surface area (Å²) in [5.74, 6) is 0.607. The van der Waals surface area contributed by atoms with E-state index >= 15 is 0 Å². The molecule has 0 aromatic heterocycles. The third-order valence-electron chi connectivity index (χ3n) is 3.16. The van der Waals surface area contributed by atoms with Crippen LogP contribution in [0.4, 0.5) is 10.1 Å². The Kier molecular flexibility index (Phi) is 5.01. The van der Waals surface area contributed by atoms with Crippen LogP contribution in [0, 0.1) is 5.82 Å². The van der Waals surface area contributed by atoms with E-state index in [2.05, 4.69) is 27.8 Å². The van der Waals surface area contributed by atoms with Gasteiger partial charge in [0.25, 0.3) is 0 Å². The smallest absolute Gasteiger partial charge is 0.133 e. The van der Waals surface area contributed by atoms with Crippen molar-refractivity contribution in [2.75, 3.05) is 18.6 Å². The minimum absolute atomic E-state index is 0.211. The van der Waals surface area contributed by atoms with Gasteiger partial charge in [0, 0.05) is 18.8 Å². The van der Waals surface area contributed by atoms with Crippen molar-refractivity contribution >= 4 is 21.6 Å². The molecule has 2 aromatic rings. The highest BCUT2D eigenvalue weighted by Crippen LogP contribution is 2.27. The van der Waals surface area contributed by atoms with Gasteiger partial charge in [-0.15, -0.1) is 0 Å². The molecule has 0 heterocycles. The third-order valence-corrected chi connectivity index (χ3v) is 3.78. The van der Waals surface area contributed by atoms with Crippen molar-refractivity contribution in [3.8, 4) is 5.75 Å². The number of hydrogen-bond acceptors (Lipinski definition) is 2. The molecule has 2 rings (SSSR count). The lowest BCUT2D eigenvalue weighted by molar-refractivity contribution is 0.412. The van der Waals surface area contributed by atoms with Crippen LogP contribution >= 0.6 is 15.9 Å². The fourth-order valence-electron chi connectivity index (χ4n) is 2.07. The van der Waals surface area contributed by atoms with Crippen molar-refractivity contribution in [3.05, 3.63) is 58.3 Å². The summed E-state index contributed by atoms with van der Waals surface area (Å²) >= 11 is 3.49. The first-order valence-electron chi connectivity index (χ1n) is 6.47. The lowest BCUT2D eigenvalue weighted by Gasteiger charge is -2.23. The first-order valence-corrected chi connectivity index (χ1v) is 7.26. The molecule has 0 aliphatic carbocycles. The number of rotatable bonds is 5. The topological polar surface area (TPSA) is 12.5 Å². The van der Waals surface area contributed by atoms with Crippen molar-refractivity contribution in [2.45, 2.75) is 13.5 Å². The zero-order valence-corrected chi connectivity index (χ0v) is 13.2. The minimum Gasteiger partial charge on any atom is -0.496 e. The van der Waals surface area contributed by atoms with Crippen LogP contribution in [0.5, 0.6) is 5.75 Å². The molecule has 0 N–H and O–H groups in total. The van der Waals surface area contributed by atoms with E-state index in [-0.39, 0.29) is 5.82 Å². The normalized spacial score (nSPS) is 10.4. The van der Waals surface area contributed by atoms with E-state index in [0.29, 0.717) is 0 Å². The summed E-state index contributed by atoms with van der Waals surface area (Å²) in [4.78, 5) is 2.19. The zero-order valence-electron chi connectivity index (χ0n) is 11.6. The van der Waals surface area contributed by atoms with E-state index in [1.165, 1.54) is 17.7 Å². The fourth-order valence-corrected chi connectivity index (χ4v) is 2.65. The molecule has 0 unspecified atom stereocenters. The van der Waals surface area contributed by atoms with Gasteiger partial charge in [-0.05, 0) is 64.8 Å². The van der Waals surface area contributed by atoms with E-state index in [1.54, 1.807) is 19.2 Å². The molecule has 0 aliphatic rings. The van der Waals surface area contributed by atoms with Crippen LogP contribution < -0.4 is 9.64 Å². The number of anilines is 1. The second-order valence-corrected chi connectivity index (χ2v) is 5.31. The summed E-state index contributed by atoms with van der Waals surface area (Å²) in [5, 5.41) is 0. The van der Waals surface area contributed by atoms with Crippen LogP contribution in [-0.2, 0) is 6.54 Å². The Bertz CT molecular complexity index is 571. The molecular weight excluding hydrogens is 321 g/mol. The van der Waals surface area contributed by atoms with Crippen molar-refractivity contribution < 1.29 is 9.13 Å². The van der Waals surface area contributed by atoms with E-state index in [4.69, 9.17) is 4.74 Å². The summed E-state index contributed by atoms with van der Waals surface area (Å²) < 4.78 is 19.1. The lowest BCUT2D eigenvalue weighted by Crippen LogP contribution is -2.21. The van der Waals surface area contributed by atoms with Crippen molar-refractivity contribution in [1.29, 1.82) is 0 Å². The maximum absolute atomic E-state index is 13.0. The first kappa shape index (κ1) is 14.9. The van der Waals surface area contributed by atoms with Gasteiger partial charge in [-0.3, -0.25) is 0 Å². The number of methoxy groups -OCH3 is 1. The molecule has 0 radical (unpaired) electrons. The van der Waals surface area contributed by atoms with Gasteiger partial charge in [0.05, 0.1) is 11.6 Å². The Balaban J connectivity index is 2.17. The number of nitrogens with zero attached hydrogens (tertiary/aromatic N) is 1. The monoisotopic (exact) mass is 337 g/mol. The molecular formula is C16H17BrFNO. The molecule has 0 saturated carbocycles. The Labute approximate surface area is 127 Å². The molecule has 20 heavy (non-hydrogen) atoms. The van der Waals surface area contributed by atoms with Gasteiger partial charge in [0.1, 0.15) is 11.6 Å². The van der Waals surface area contributed by atoms with Gasteiger partial charge in [-0.25, -0.2) is 4.39 Å². The van der Waals surface area contributed by atoms with Gasteiger partial charge in [0.2, 0.25) is 0 Å². The molecule has 2 aromatic carbocycles. The summed E-state index contributed by atoms with van der Waals surface area (Å²) in [6.07, 6.45) is 0. The molecule has 0 spiro atoms. The van der Waals surface area contributed by atoms with Crippen molar-refractivity contribution in [3.63, 3.8) is 0 Å². The van der Waals surface area contributed by atoms with Gasteiger partial charge < -0.3 is 9.64 Å². The third kappa shape index (κ3) is 3.51. The molecule has 0 fully saturated rings. The second-order valence-electron chi connectivity index (χ2n) is 4.46.